The highest BCUT2D eigenvalue weighted by Crippen LogP contribution is 2.22. The van der Waals surface area contributed by atoms with Crippen LogP contribution in [-0.2, 0) is 13.0 Å². The van der Waals surface area contributed by atoms with Gasteiger partial charge in [-0.15, -0.1) is 0 Å². The van der Waals surface area contributed by atoms with Crippen molar-refractivity contribution in [2.45, 2.75) is 26.9 Å². The number of fused-ring (bicyclic) bond motifs is 1. The van der Waals surface area contributed by atoms with Gasteiger partial charge in [0.15, 0.2) is 0 Å². The van der Waals surface area contributed by atoms with Gasteiger partial charge in [-0.2, -0.15) is 5.10 Å². The molecule has 0 fully saturated rings. The van der Waals surface area contributed by atoms with Crippen LogP contribution in [0.1, 0.15) is 32.2 Å². The first-order chi connectivity index (χ1) is 15.0. The number of ether oxygens (including phenoxy) is 1. The summed E-state index contributed by atoms with van der Waals surface area (Å²) in [5, 5.41) is 10.8. The number of benzene rings is 2. The second kappa shape index (κ2) is 9.09. The largest absolute Gasteiger partial charge is 0.489 e. The molecule has 31 heavy (non-hydrogen) atoms. The van der Waals surface area contributed by atoms with E-state index in [0.29, 0.717) is 35.9 Å². The molecule has 0 aliphatic heterocycles. The Morgan fingerprint density at radius 2 is 1.94 bits per heavy atom. The third-order valence-electron chi connectivity index (χ3n) is 4.80. The summed E-state index contributed by atoms with van der Waals surface area (Å²) in [7, 11) is 0. The van der Waals surface area contributed by atoms with Crippen LogP contribution in [0.5, 0.6) is 5.75 Å². The molecule has 4 rings (SSSR count). The molecular weight excluding hydrogens is 412 g/mol. The topological polar surface area (TPSA) is 97.0 Å². The number of nitrogens with one attached hydrogen (secondary N) is 2. The summed E-state index contributed by atoms with van der Waals surface area (Å²) in [5.41, 5.74) is 4.71. The number of nitrogens with zero attached hydrogens (tertiary/aromatic N) is 2. The molecule has 2 aromatic carbocycles. The van der Waals surface area contributed by atoms with Gasteiger partial charge in [0.1, 0.15) is 17.4 Å². The molecule has 0 aliphatic rings. The number of hydrogen-bond donors (Lipinski definition) is 2. The molecule has 1 amide bonds. The van der Waals surface area contributed by atoms with Gasteiger partial charge in [0.25, 0.3) is 5.91 Å². The van der Waals surface area contributed by atoms with E-state index in [4.69, 9.17) is 4.74 Å². The molecule has 4 aromatic rings. The van der Waals surface area contributed by atoms with E-state index < -0.39 is 0 Å². The number of amides is 1. The van der Waals surface area contributed by atoms with Crippen LogP contribution in [0.4, 0.5) is 0 Å². The molecule has 0 atom stereocenters. The van der Waals surface area contributed by atoms with Crippen LogP contribution in [0.3, 0.4) is 0 Å². The summed E-state index contributed by atoms with van der Waals surface area (Å²) < 4.78 is 5.96. The van der Waals surface area contributed by atoms with Crippen molar-refractivity contribution in [2.75, 3.05) is 6.54 Å². The molecular formula is C23H22N4O3S. The van der Waals surface area contributed by atoms with E-state index in [0.717, 1.165) is 33.5 Å². The number of hydrogen-bond acceptors (Lipinski definition) is 6. The molecule has 0 spiro atoms. The normalized spacial score (nSPS) is 10.9. The van der Waals surface area contributed by atoms with Crippen molar-refractivity contribution >= 4 is 28.1 Å². The molecule has 0 unspecified atom stereocenters. The first kappa shape index (κ1) is 20.7. The third-order valence-corrected chi connectivity index (χ3v) is 5.60. The summed E-state index contributed by atoms with van der Waals surface area (Å²) in [5.74, 6) is 0.508. The molecule has 7 nitrogen and oxygen atoms in total. The van der Waals surface area contributed by atoms with Crippen LogP contribution in [0.25, 0.3) is 10.9 Å². The number of carbonyl (C=O) groups is 1. The van der Waals surface area contributed by atoms with Crippen molar-refractivity contribution < 1.29 is 9.53 Å². The van der Waals surface area contributed by atoms with Crippen molar-refractivity contribution in [3.63, 3.8) is 0 Å². The zero-order valence-corrected chi connectivity index (χ0v) is 18.1. The molecule has 2 aromatic heterocycles. The SMILES string of the molecule is Cc1ccc2c(COc3ccc(C(=O)NCCc4n[nH]c(=O)s4)cc3)cc(C)nc2c1. The maximum absolute atomic E-state index is 12.3. The second-order valence-electron chi connectivity index (χ2n) is 7.27. The van der Waals surface area contributed by atoms with Gasteiger partial charge in [0.05, 0.1) is 5.52 Å². The van der Waals surface area contributed by atoms with Gasteiger partial charge in [-0.3, -0.25) is 14.6 Å². The van der Waals surface area contributed by atoms with Crippen LogP contribution in [0.2, 0.25) is 0 Å². The monoisotopic (exact) mass is 434 g/mol. The average molecular weight is 435 g/mol. The number of aromatic amines is 1. The number of pyridine rings is 1. The zero-order chi connectivity index (χ0) is 21.8. The lowest BCUT2D eigenvalue weighted by Gasteiger charge is -2.11. The Morgan fingerprint density at radius 1 is 1.13 bits per heavy atom. The van der Waals surface area contributed by atoms with Crippen LogP contribution in [0, 0.1) is 13.8 Å². The Morgan fingerprint density at radius 3 is 2.68 bits per heavy atom. The predicted molar refractivity (Wildman–Crippen MR) is 121 cm³/mol. The van der Waals surface area contributed by atoms with Gasteiger partial charge in [0.2, 0.25) is 0 Å². The van der Waals surface area contributed by atoms with E-state index in [1.165, 1.54) is 5.56 Å². The van der Waals surface area contributed by atoms with Gasteiger partial charge in [-0.05, 0) is 55.8 Å². The van der Waals surface area contributed by atoms with Gasteiger partial charge in [-0.25, -0.2) is 5.10 Å². The van der Waals surface area contributed by atoms with E-state index in [9.17, 15) is 9.59 Å². The Kier molecular flexibility index (Phi) is 6.08. The van der Waals surface area contributed by atoms with Crippen LogP contribution >= 0.6 is 11.3 Å². The Balaban J connectivity index is 1.36. The fourth-order valence-electron chi connectivity index (χ4n) is 3.29. The molecule has 0 bridgehead atoms. The first-order valence-electron chi connectivity index (χ1n) is 9.90. The molecule has 0 radical (unpaired) electrons. The van der Waals surface area contributed by atoms with Crippen LogP contribution < -0.4 is 14.9 Å². The van der Waals surface area contributed by atoms with Crippen LogP contribution in [0.15, 0.2) is 53.3 Å². The van der Waals surface area contributed by atoms with Gasteiger partial charge < -0.3 is 10.1 Å². The number of carbonyl (C=O) groups excluding carboxylic acids is 1. The van der Waals surface area contributed by atoms with Crippen molar-refractivity contribution in [3.8, 4) is 5.75 Å². The van der Waals surface area contributed by atoms with Gasteiger partial charge >= 0.3 is 4.87 Å². The summed E-state index contributed by atoms with van der Waals surface area (Å²) in [4.78, 5) is 27.8. The summed E-state index contributed by atoms with van der Waals surface area (Å²) >= 11 is 1.05. The average Bonchev–Trinajstić information content (AvgIpc) is 3.16. The molecule has 0 saturated carbocycles. The van der Waals surface area contributed by atoms with Gasteiger partial charge in [0, 0.05) is 35.2 Å². The van der Waals surface area contributed by atoms with Crippen molar-refractivity contribution in [1.29, 1.82) is 0 Å². The first-order valence-corrected chi connectivity index (χ1v) is 10.7. The minimum atomic E-state index is -0.193. The highest BCUT2D eigenvalue weighted by molar-refractivity contribution is 7.08. The number of aromatic nitrogens is 3. The molecule has 0 saturated heterocycles. The van der Waals surface area contributed by atoms with Crippen molar-refractivity contribution in [3.05, 3.63) is 85.6 Å². The highest BCUT2D eigenvalue weighted by Gasteiger charge is 2.08. The smallest absolute Gasteiger partial charge is 0.322 e. The van der Waals surface area contributed by atoms with E-state index in [-0.39, 0.29) is 10.8 Å². The van der Waals surface area contributed by atoms with E-state index >= 15 is 0 Å². The minimum Gasteiger partial charge on any atom is -0.489 e. The maximum atomic E-state index is 12.3. The second-order valence-corrected chi connectivity index (χ2v) is 8.32. The number of rotatable bonds is 7. The fourth-order valence-corrected chi connectivity index (χ4v) is 3.89. The lowest BCUT2D eigenvalue weighted by Crippen LogP contribution is -2.25. The maximum Gasteiger partial charge on any atom is 0.322 e. The van der Waals surface area contributed by atoms with Crippen molar-refractivity contribution in [2.24, 2.45) is 0 Å². The molecule has 2 heterocycles. The zero-order valence-electron chi connectivity index (χ0n) is 17.3. The van der Waals surface area contributed by atoms with E-state index in [1.807, 2.05) is 13.0 Å². The lowest BCUT2D eigenvalue weighted by atomic mass is 10.1. The predicted octanol–water partition coefficient (Wildman–Crippen LogP) is 3.55. The Hall–Kier alpha value is -3.52. The van der Waals surface area contributed by atoms with E-state index in [1.54, 1.807) is 24.3 Å². The lowest BCUT2D eigenvalue weighted by molar-refractivity contribution is 0.0954. The molecule has 158 valence electrons. The minimum absolute atomic E-state index is 0.180. The fraction of sp³-hybridized carbons (Fsp3) is 0.217. The molecule has 0 aliphatic carbocycles. The molecule has 8 heteroatoms. The Labute approximate surface area is 183 Å². The number of aryl methyl sites for hydroxylation is 2. The van der Waals surface area contributed by atoms with Crippen molar-refractivity contribution in [1.82, 2.24) is 20.5 Å². The Bertz CT molecular complexity index is 1270. The standard InChI is InChI=1S/C23H22N4O3S/c1-14-3-8-19-17(12-15(2)25-20(19)11-14)13-30-18-6-4-16(5-7-18)22(28)24-10-9-21-26-27-23(29)31-21/h3-8,11-12H,9-10,13H2,1-2H3,(H,24,28)(H,27,29). The summed E-state index contributed by atoms with van der Waals surface area (Å²) in [6.07, 6.45) is 0.509. The summed E-state index contributed by atoms with van der Waals surface area (Å²) in [6, 6.07) is 15.3. The third kappa shape index (κ3) is 5.16. The highest BCUT2D eigenvalue weighted by atomic mass is 32.1. The van der Waals surface area contributed by atoms with Gasteiger partial charge in [-0.1, -0.05) is 23.5 Å². The number of H-pyrrole nitrogens is 1. The molecule has 2 N–H and O–H groups in total. The summed E-state index contributed by atoms with van der Waals surface area (Å²) in [6.45, 7) is 4.86. The quantitative estimate of drug-likeness (QED) is 0.464. The van der Waals surface area contributed by atoms with E-state index in [2.05, 4.69) is 45.6 Å². The van der Waals surface area contributed by atoms with Crippen LogP contribution in [-0.4, -0.2) is 27.6 Å².